The van der Waals surface area contributed by atoms with E-state index in [1.54, 1.807) is 0 Å². The van der Waals surface area contributed by atoms with Gasteiger partial charge >= 0.3 is 0 Å². The highest BCUT2D eigenvalue weighted by molar-refractivity contribution is 7.89. The predicted octanol–water partition coefficient (Wildman–Crippen LogP) is -0.159. The molecule has 1 rings (SSSR count). The topological polar surface area (TPSA) is 127 Å². The van der Waals surface area contributed by atoms with Crippen molar-refractivity contribution in [2.75, 3.05) is 11.9 Å². The third kappa shape index (κ3) is 4.14. The third-order valence-electron chi connectivity index (χ3n) is 2.48. The van der Waals surface area contributed by atoms with Crippen molar-refractivity contribution >= 4 is 21.9 Å². The van der Waals surface area contributed by atoms with E-state index in [-0.39, 0.29) is 4.90 Å². The zero-order valence-corrected chi connectivity index (χ0v) is 12.5. The van der Waals surface area contributed by atoms with Crippen LogP contribution in [0.1, 0.15) is 27.2 Å². The molecule has 0 aliphatic rings. The monoisotopic (exact) mass is 301 g/mol. The first-order valence-electron chi connectivity index (χ1n) is 6.09. The number of aromatic nitrogens is 2. The second kappa shape index (κ2) is 6.14. The number of anilines is 1. The van der Waals surface area contributed by atoms with Crippen molar-refractivity contribution in [1.82, 2.24) is 14.7 Å². The fraction of sp³-hybridized carbons (Fsp3) is 0.545. The van der Waals surface area contributed by atoms with Gasteiger partial charge in [0.2, 0.25) is 21.9 Å². The SMILES string of the molecule is CCCNc1ncc(S(=O)(=O)NC(C)(C)C(N)=O)cn1. The highest BCUT2D eigenvalue weighted by Crippen LogP contribution is 2.12. The quantitative estimate of drug-likeness (QED) is 0.642. The Morgan fingerprint density at radius 3 is 2.35 bits per heavy atom. The van der Waals surface area contributed by atoms with Gasteiger partial charge in [-0.05, 0) is 20.3 Å². The number of primary amides is 1. The van der Waals surface area contributed by atoms with Crippen LogP contribution in [0.4, 0.5) is 5.95 Å². The lowest BCUT2D eigenvalue weighted by Crippen LogP contribution is -2.52. The molecular weight excluding hydrogens is 282 g/mol. The number of nitrogens with two attached hydrogens (primary N) is 1. The average Bonchev–Trinajstić information content (AvgIpc) is 2.35. The largest absolute Gasteiger partial charge is 0.368 e. The highest BCUT2D eigenvalue weighted by Gasteiger charge is 2.31. The summed E-state index contributed by atoms with van der Waals surface area (Å²) in [7, 11) is -3.90. The number of rotatable bonds is 7. The van der Waals surface area contributed by atoms with Gasteiger partial charge in [-0.1, -0.05) is 6.92 Å². The minimum atomic E-state index is -3.90. The van der Waals surface area contributed by atoms with Gasteiger partial charge in [-0.25, -0.2) is 18.4 Å². The average molecular weight is 301 g/mol. The molecule has 1 aromatic rings. The van der Waals surface area contributed by atoms with Gasteiger partial charge in [0, 0.05) is 6.54 Å². The van der Waals surface area contributed by atoms with Crippen molar-refractivity contribution in [3.63, 3.8) is 0 Å². The van der Waals surface area contributed by atoms with E-state index in [9.17, 15) is 13.2 Å². The molecule has 0 aliphatic carbocycles. The molecule has 0 atom stereocenters. The number of carbonyl (C=O) groups excluding carboxylic acids is 1. The maximum Gasteiger partial charge on any atom is 0.244 e. The minimum Gasteiger partial charge on any atom is -0.368 e. The van der Waals surface area contributed by atoms with Crippen LogP contribution in [0.25, 0.3) is 0 Å². The van der Waals surface area contributed by atoms with Crippen LogP contribution in [0.5, 0.6) is 0 Å². The Labute approximate surface area is 118 Å². The van der Waals surface area contributed by atoms with Gasteiger partial charge in [0.15, 0.2) is 0 Å². The summed E-state index contributed by atoms with van der Waals surface area (Å²) >= 11 is 0. The van der Waals surface area contributed by atoms with Crippen LogP contribution in [0, 0.1) is 0 Å². The number of amides is 1. The summed E-state index contributed by atoms with van der Waals surface area (Å²) in [5.41, 5.74) is 3.74. The van der Waals surface area contributed by atoms with Crippen molar-refractivity contribution < 1.29 is 13.2 Å². The zero-order valence-electron chi connectivity index (χ0n) is 11.7. The molecule has 20 heavy (non-hydrogen) atoms. The summed E-state index contributed by atoms with van der Waals surface area (Å²) in [5.74, 6) is -0.428. The Balaban J connectivity index is 2.91. The van der Waals surface area contributed by atoms with Crippen LogP contribution in [0.15, 0.2) is 17.3 Å². The van der Waals surface area contributed by atoms with E-state index < -0.39 is 21.5 Å². The molecule has 1 amide bonds. The first-order valence-corrected chi connectivity index (χ1v) is 7.57. The normalized spacial score (nSPS) is 12.2. The summed E-state index contributed by atoms with van der Waals surface area (Å²) in [6.07, 6.45) is 3.24. The molecule has 8 nitrogen and oxygen atoms in total. The van der Waals surface area contributed by atoms with Crippen LogP contribution in [0.2, 0.25) is 0 Å². The first kappa shape index (κ1) is 16.3. The molecule has 1 heterocycles. The van der Waals surface area contributed by atoms with Gasteiger partial charge in [0.1, 0.15) is 10.4 Å². The van der Waals surface area contributed by atoms with Gasteiger partial charge < -0.3 is 11.1 Å². The van der Waals surface area contributed by atoms with Crippen LogP contribution >= 0.6 is 0 Å². The fourth-order valence-corrected chi connectivity index (χ4v) is 2.50. The minimum absolute atomic E-state index is 0.131. The summed E-state index contributed by atoms with van der Waals surface area (Å²) < 4.78 is 26.3. The van der Waals surface area contributed by atoms with Gasteiger partial charge in [0.05, 0.1) is 12.4 Å². The first-order chi connectivity index (χ1) is 9.19. The molecule has 9 heteroatoms. The maximum atomic E-state index is 12.1. The number of nitrogens with zero attached hydrogens (tertiary/aromatic N) is 2. The van der Waals surface area contributed by atoms with E-state index in [4.69, 9.17) is 5.73 Å². The van der Waals surface area contributed by atoms with Crippen LogP contribution < -0.4 is 15.8 Å². The number of hydrogen-bond acceptors (Lipinski definition) is 6. The van der Waals surface area contributed by atoms with Crippen molar-refractivity contribution in [3.8, 4) is 0 Å². The smallest absolute Gasteiger partial charge is 0.244 e. The third-order valence-corrected chi connectivity index (χ3v) is 4.09. The molecule has 0 unspecified atom stereocenters. The van der Waals surface area contributed by atoms with Crippen molar-refractivity contribution in [2.24, 2.45) is 5.73 Å². The van der Waals surface area contributed by atoms with E-state index in [2.05, 4.69) is 20.0 Å². The summed E-state index contributed by atoms with van der Waals surface area (Å²) in [6.45, 7) is 5.44. The Morgan fingerprint density at radius 1 is 1.35 bits per heavy atom. The Hall–Kier alpha value is -1.74. The molecular formula is C11H19N5O3S. The standard InChI is InChI=1S/C11H19N5O3S/c1-4-5-13-10-14-6-8(7-15-10)20(18,19)16-11(2,3)9(12)17/h6-7,16H,4-5H2,1-3H3,(H2,12,17)(H,13,14,15). The molecule has 0 saturated heterocycles. The van der Waals surface area contributed by atoms with E-state index in [0.717, 1.165) is 6.42 Å². The second-order valence-electron chi connectivity index (χ2n) is 4.76. The zero-order chi connectivity index (χ0) is 15.4. The lowest BCUT2D eigenvalue weighted by atomic mass is 10.1. The number of hydrogen-bond donors (Lipinski definition) is 3. The molecule has 0 spiro atoms. The van der Waals surface area contributed by atoms with Crippen molar-refractivity contribution in [2.45, 2.75) is 37.6 Å². The van der Waals surface area contributed by atoms with Crippen LogP contribution in [-0.4, -0.2) is 36.4 Å². The summed E-state index contributed by atoms with van der Waals surface area (Å²) in [6, 6.07) is 0. The predicted molar refractivity (Wildman–Crippen MR) is 74.4 cm³/mol. The molecule has 0 saturated carbocycles. The van der Waals surface area contributed by atoms with Gasteiger partial charge in [-0.15, -0.1) is 0 Å². The Morgan fingerprint density at radius 2 is 1.90 bits per heavy atom. The Bertz CT molecular complexity index is 568. The lowest BCUT2D eigenvalue weighted by molar-refractivity contribution is -0.122. The van der Waals surface area contributed by atoms with E-state index in [0.29, 0.717) is 12.5 Å². The molecule has 1 aromatic heterocycles. The van der Waals surface area contributed by atoms with Gasteiger partial charge in [-0.2, -0.15) is 4.72 Å². The summed E-state index contributed by atoms with van der Waals surface area (Å²) in [5, 5.41) is 2.93. The number of carbonyl (C=O) groups is 1. The Kier molecular flexibility index (Phi) is 5.01. The summed E-state index contributed by atoms with van der Waals surface area (Å²) in [4.78, 5) is 18.8. The molecule has 0 bridgehead atoms. The molecule has 0 radical (unpaired) electrons. The fourth-order valence-electron chi connectivity index (χ4n) is 1.23. The van der Waals surface area contributed by atoms with E-state index >= 15 is 0 Å². The molecule has 0 aromatic carbocycles. The maximum absolute atomic E-state index is 12.1. The lowest BCUT2D eigenvalue weighted by Gasteiger charge is -2.21. The molecule has 0 aliphatic heterocycles. The van der Waals surface area contributed by atoms with Gasteiger partial charge in [0.25, 0.3) is 0 Å². The van der Waals surface area contributed by atoms with Gasteiger partial charge in [-0.3, -0.25) is 4.79 Å². The van der Waals surface area contributed by atoms with E-state index in [1.165, 1.54) is 26.2 Å². The highest BCUT2D eigenvalue weighted by atomic mass is 32.2. The number of sulfonamides is 1. The van der Waals surface area contributed by atoms with Crippen molar-refractivity contribution in [1.29, 1.82) is 0 Å². The second-order valence-corrected chi connectivity index (χ2v) is 6.45. The number of nitrogens with one attached hydrogen (secondary N) is 2. The molecule has 0 fully saturated rings. The van der Waals surface area contributed by atoms with E-state index in [1.807, 2.05) is 6.92 Å². The molecule has 4 N–H and O–H groups in total. The van der Waals surface area contributed by atoms with Crippen LogP contribution in [0.3, 0.4) is 0 Å². The van der Waals surface area contributed by atoms with Crippen LogP contribution in [-0.2, 0) is 14.8 Å². The molecule has 112 valence electrons. The van der Waals surface area contributed by atoms with Crippen molar-refractivity contribution in [3.05, 3.63) is 12.4 Å².